The Labute approximate surface area is 115 Å². The van der Waals surface area contributed by atoms with Crippen molar-refractivity contribution in [1.29, 1.82) is 0 Å². The van der Waals surface area contributed by atoms with E-state index in [1.165, 1.54) is 0 Å². The average molecular weight is 276 g/mol. The summed E-state index contributed by atoms with van der Waals surface area (Å²) in [6, 6.07) is 7.96. The summed E-state index contributed by atoms with van der Waals surface area (Å²) in [7, 11) is 0. The van der Waals surface area contributed by atoms with Crippen molar-refractivity contribution in [3.05, 3.63) is 47.9 Å². The number of aromatic carboxylic acids is 1. The summed E-state index contributed by atoms with van der Waals surface area (Å²) in [4.78, 5) is 14.9. The van der Waals surface area contributed by atoms with Crippen LogP contribution in [0.3, 0.4) is 0 Å². The minimum atomic E-state index is -1.26. The number of carboxylic acid groups (broad SMARTS) is 1. The van der Waals surface area contributed by atoms with Crippen LogP contribution in [0.15, 0.2) is 36.5 Å². The summed E-state index contributed by atoms with van der Waals surface area (Å²) < 4.78 is 18.5. The van der Waals surface area contributed by atoms with Gasteiger partial charge < -0.3 is 15.2 Å². The van der Waals surface area contributed by atoms with E-state index in [1.807, 2.05) is 6.92 Å². The minimum Gasteiger partial charge on any atom is -0.492 e. The maximum Gasteiger partial charge on any atom is 0.339 e. The molecule has 1 heterocycles. The van der Waals surface area contributed by atoms with Gasteiger partial charge in [-0.25, -0.2) is 14.2 Å². The number of ether oxygens (including phenoxy) is 1. The number of carbonyl (C=O) groups is 1. The van der Waals surface area contributed by atoms with Gasteiger partial charge in [0.15, 0.2) is 0 Å². The highest BCUT2D eigenvalue weighted by molar-refractivity contribution is 5.94. The van der Waals surface area contributed by atoms with E-state index >= 15 is 0 Å². The lowest BCUT2D eigenvalue weighted by atomic mass is 10.2. The quantitative estimate of drug-likeness (QED) is 0.878. The second kappa shape index (κ2) is 6.01. The van der Waals surface area contributed by atoms with Crippen LogP contribution in [0.1, 0.15) is 17.3 Å². The van der Waals surface area contributed by atoms with Crippen LogP contribution in [0, 0.1) is 5.82 Å². The Bertz CT molecular complexity index is 632. The number of halogens is 1. The molecule has 2 N–H and O–H groups in total. The summed E-state index contributed by atoms with van der Waals surface area (Å²) in [5.41, 5.74) is 0.326. The van der Waals surface area contributed by atoms with E-state index in [-0.39, 0.29) is 11.4 Å². The van der Waals surface area contributed by atoms with Gasteiger partial charge in [0.1, 0.15) is 22.9 Å². The van der Waals surface area contributed by atoms with Gasteiger partial charge in [0.2, 0.25) is 0 Å². The molecule has 5 nitrogen and oxygen atoms in total. The van der Waals surface area contributed by atoms with Crippen molar-refractivity contribution in [2.75, 3.05) is 11.9 Å². The van der Waals surface area contributed by atoms with Crippen molar-refractivity contribution in [3.63, 3.8) is 0 Å². The first-order valence-electron chi connectivity index (χ1n) is 5.99. The van der Waals surface area contributed by atoms with E-state index in [9.17, 15) is 9.18 Å². The van der Waals surface area contributed by atoms with Crippen LogP contribution in [0.4, 0.5) is 15.9 Å². The fraction of sp³-hybridized carbons (Fsp3) is 0.143. The number of pyridine rings is 1. The molecule has 0 saturated heterocycles. The Morgan fingerprint density at radius 1 is 1.45 bits per heavy atom. The van der Waals surface area contributed by atoms with Gasteiger partial charge in [-0.05, 0) is 25.1 Å². The molecule has 0 aliphatic carbocycles. The van der Waals surface area contributed by atoms with Gasteiger partial charge in [-0.2, -0.15) is 0 Å². The van der Waals surface area contributed by atoms with Gasteiger partial charge in [-0.15, -0.1) is 0 Å². The van der Waals surface area contributed by atoms with Crippen LogP contribution in [0.2, 0.25) is 0 Å². The number of carboxylic acids is 1. The molecule has 0 unspecified atom stereocenters. The number of nitrogens with zero attached hydrogens (tertiary/aromatic N) is 1. The summed E-state index contributed by atoms with van der Waals surface area (Å²) in [5.74, 6) is -1.33. The van der Waals surface area contributed by atoms with Gasteiger partial charge >= 0.3 is 5.97 Å². The zero-order chi connectivity index (χ0) is 14.5. The molecule has 0 amide bonds. The number of anilines is 2. The van der Waals surface area contributed by atoms with Crippen molar-refractivity contribution in [1.82, 2.24) is 4.98 Å². The minimum absolute atomic E-state index is 0.0612. The third-order valence-corrected chi connectivity index (χ3v) is 2.52. The van der Waals surface area contributed by atoms with Gasteiger partial charge in [0, 0.05) is 0 Å². The van der Waals surface area contributed by atoms with E-state index in [1.54, 1.807) is 24.3 Å². The highest BCUT2D eigenvalue weighted by Gasteiger charge is 2.14. The number of hydrogen-bond acceptors (Lipinski definition) is 4. The standard InChI is InChI=1S/C14H13FN2O3/c1-2-20-12-6-4-3-5-11(12)17-13-10(14(18)19)7-9(15)8-16-13/h3-8H,2H2,1H3,(H,16,17)(H,18,19). The van der Waals surface area contributed by atoms with Crippen molar-refractivity contribution in [2.24, 2.45) is 0 Å². The van der Waals surface area contributed by atoms with Gasteiger partial charge in [-0.1, -0.05) is 12.1 Å². The zero-order valence-electron chi connectivity index (χ0n) is 10.8. The lowest BCUT2D eigenvalue weighted by molar-refractivity contribution is 0.0697. The normalized spacial score (nSPS) is 10.1. The lowest BCUT2D eigenvalue weighted by Gasteiger charge is -2.12. The van der Waals surface area contributed by atoms with E-state index in [0.717, 1.165) is 12.3 Å². The topological polar surface area (TPSA) is 71.5 Å². The monoisotopic (exact) mass is 276 g/mol. The molecule has 1 aromatic heterocycles. The predicted molar refractivity (Wildman–Crippen MR) is 72.0 cm³/mol. The van der Waals surface area contributed by atoms with Crippen molar-refractivity contribution >= 4 is 17.5 Å². The molecular formula is C14H13FN2O3. The first-order chi connectivity index (χ1) is 9.61. The molecule has 20 heavy (non-hydrogen) atoms. The van der Waals surface area contributed by atoms with Crippen LogP contribution in [-0.4, -0.2) is 22.7 Å². The molecule has 0 saturated carbocycles. The van der Waals surface area contributed by atoms with E-state index in [4.69, 9.17) is 9.84 Å². The smallest absolute Gasteiger partial charge is 0.339 e. The number of nitrogens with one attached hydrogen (secondary N) is 1. The highest BCUT2D eigenvalue weighted by atomic mass is 19.1. The maximum atomic E-state index is 13.1. The molecule has 0 radical (unpaired) electrons. The Hall–Kier alpha value is -2.63. The summed E-state index contributed by atoms with van der Waals surface area (Å²) >= 11 is 0. The molecule has 0 fully saturated rings. The van der Waals surface area contributed by atoms with E-state index in [2.05, 4.69) is 10.3 Å². The maximum absolute atomic E-state index is 13.1. The predicted octanol–water partition coefficient (Wildman–Crippen LogP) is 3.06. The second-order valence-corrected chi connectivity index (χ2v) is 3.91. The largest absolute Gasteiger partial charge is 0.492 e. The first kappa shape index (κ1) is 13.8. The number of para-hydroxylation sites is 2. The van der Waals surface area contributed by atoms with Crippen molar-refractivity contribution < 1.29 is 19.0 Å². The molecule has 6 heteroatoms. The number of aromatic nitrogens is 1. The molecule has 2 rings (SSSR count). The van der Waals surface area contributed by atoms with Crippen LogP contribution < -0.4 is 10.1 Å². The molecule has 0 bridgehead atoms. The van der Waals surface area contributed by atoms with Gasteiger partial charge in [0.05, 0.1) is 18.5 Å². The fourth-order valence-corrected chi connectivity index (χ4v) is 1.68. The highest BCUT2D eigenvalue weighted by Crippen LogP contribution is 2.28. The lowest BCUT2D eigenvalue weighted by Crippen LogP contribution is -2.06. The molecule has 0 spiro atoms. The molecule has 0 aliphatic heterocycles. The van der Waals surface area contributed by atoms with Crippen LogP contribution in [0.25, 0.3) is 0 Å². The first-order valence-corrected chi connectivity index (χ1v) is 5.99. The third-order valence-electron chi connectivity index (χ3n) is 2.52. The molecule has 1 aromatic carbocycles. The van der Waals surface area contributed by atoms with Crippen molar-refractivity contribution in [3.8, 4) is 5.75 Å². The number of benzene rings is 1. The average Bonchev–Trinajstić information content (AvgIpc) is 2.43. The Morgan fingerprint density at radius 3 is 2.90 bits per heavy atom. The number of rotatable bonds is 5. The SMILES string of the molecule is CCOc1ccccc1Nc1ncc(F)cc1C(=O)O. The Kier molecular flexibility index (Phi) is 4.14. The van der Waals surface area contributed by atoms with Crippen LogP contribution >= 0.6 is 0 Å². The molecule has 2 aromatic rings. The van der Waals surface area contributed by atoms with E-state index < -0.39 is 11.8 Å². The van der Waals surface area contributed by atoms with Crippen LogP contribution in [0.5, 0.6) is 5.75 Å². The molecule has 0 atom stereocenters. The van der Waals surface area contributed by atoms with E-state index in [0.29, 0.717) is 18.0 Å². The molecule has 104 valence electrons. The Morgan fingerprint density at radius 2 is 2.20 bits per heavy atom. The number of hydrogen-bond donors (Lipinski definition) is 2. The van der Waals surface area contributed by atoms with Gasteiger partial charge in [-0.3, -0.25) is 0 Å². The van der Waals surface area contributed by atoms with Crippen molar-refractivity contribution in [2.45, 2.75) is 6.92 Å². The summed E-state index contributed by atoms with van der Waals surface area (Å²) in [6.45, 7) is 2.32. The molecule has 0 aliphatic rings. The Balaban J connectivity index is 2.37. The molecular weight excluding hydrogens is 263 g/mol. The summed E-state index contributed by atoms with van der Waals surface area (Å²) in [6.07, 6.45) is 0.956. The zero-order valence-corrected chi connectivity index (χ0v) is 10.8. The third kappa shape index (κ3) is 3.03. The summed E-state index contributed by atoms with van der Waals surface area (Å²) in [5, 5.41) is 11.9. The van der Waals surface area contributed by atoms with Gasteiger partial charge in [0.25, 0.3) is 0 Å². The second-order valence-electron chi connectivity index (χ2n) is 3.91. The van der Waals surface area contributed by atoms with Crippen LogP contribution in [-0.2, 0) is 0 Å². The fourth-order valence-electron chi connectivity index (χ4n) is 1.68.